The van der Waals surface area contributed by atoms with Crippen molar-refractivity contribution in [3.8, 4) is 0 Å². The van der Waals surface area contributed by atoms with Gasteiger partial charge in [-0.05, 0) is 32.9 Å². The number of para-hydroxylation sites is 1. The van der Waals surface area contributed by atoms with E-state index in [-0.39, 0.29) is 30.7 Å². The van der Waals surface area contributed by atoms with E-state index in [1.165, 1.54) is 0 Å². The molecule has 0 saturated carbocycles. The Morgan fingerprint density at radius 3 is 2.18 bits per heavy atom. The van der Waals surface area contributed by atoms with Crippen molar-refractivity contribution >= 4 is 28.8 Å². The summed E-state index contributed by atoms with van der Waals surface area (Å²) >= 11 is 0. The summed E-state index contributed by atoms with van der Waals surface area (Å²) in [6, 6.07) is 9.56. The minimum Gasteiger partial charge on any atom is -0.444 e. The fourth-order valence-corrected chi connectivity index (χ4v) is 3.26. The first-order valence-corrected chi connectivity index (χ1v) is 9.59. The fourth-order valence-electron chi connectivity index (χ4n) is 3.26. The van der Waals surface area contributed by atoms with Crippen LogP contribution >= 0.6 is 0 Å². The van der Waals surface area contributed by atoms with Crippen LogP contribution in [0.1, 0.15) is 38.4 Å². The summed E-state index contributed by atoms with van der Waals surface area (Å²) < 4.78 is 6.96. The Bertz CT molecular complexity index is 873. The lowest BCUT2D eigenvalue weighted by atomic mass is 10.2. The maximum atomic E-state index is 12.5. The van der Waals surface area contributed by atoms with Gasteiger partial charge in [-0.25, -0.2) is 4.79 Å². The standard InChI is InChI=1S/C21H27N3O4/c1-21(2,3)28-20(27)23-14-12-22(13-15-23)18(25)8-9-19(26)24-11-10-16-6-4-5-7-17(16)24/h4-7,10-11H,8-9,12-15H2,1-3H3. The van der Waals surface area contributed by atoms with Gasteiger partial charge in [0.1, 0.15) is 5.60 Å². The van der Waals surface area contributed by atoms with Crippen molar-refractivity contribution in [1.82, 2.24) is 14.4 Å². The highest BCUT2D eigenvalue weighted by molar-refractivity contribution is 5.94. The molecule has 0 unspecified atom stereocenters. The molecule has 28 heavy (non-hydrogen) atoms. The first-order valence-electron chi connectivity index (χ1n) is 9.59. The monoisotopic (exact) mass is 385 g/mol. The van der Waals surface area contributed by atoms with Gasteiger partial charge >= 0.3 is 6.09 Å². The van der Waals surface area contributed by atoms with Crippen LogP contribution in [0.15, 0.2) is 36.5 Å². The van der Waals surface area contributed by atoms with Crippen LogP contribution in [-0.2, 0) is 9.53 Å². The second-order valence-electron chi connectivity index (χ2n) is 7.99. The molecule has 2 heterocycles. The number of rotatable bonds is 3. The molecule has 7 heteroatoms. The van der Waals surface area contributed by atoms with Gasteiger partial charge in [-0.3, -0.25) is 14.2 Å². The molecule has 2 aromatic rings. The Labute approximate surface area is 164 Å². The lowest BCUT2D eigenvalue weighted by Gasteiger charge is -2.35. The van der Waals surface area contributed by atoms with E-state index in [0.717, 1.165) is 10.9 Å². The third-order valence-electron chi connectivity index (χ3n) is 4.70. The van der Waals surface area contributed by atoms with E-state index < -0.39 is 5.60 Å². The molecule has 2 amide bonds. The quantitative estimate of drug-likeness (QED) is 0.814. The van der Waals surface area contributed by atoms with Gasteiger partial charge in [0.05, 0.1) is 5.52 Å². The molecule has 1 saturated heterocycles. The molecule has 1 aromatic heterocycles. The summed E-state index contributed by atoms with van der Waals surface area (Å²) in [6.07, 6.45) is 1.72. The van der Waals surface area contributed by atoms with Crippen LogP contribution in [0.3, 0.4) is 0 Å². The van der Waals surface area contributed by atoms with E-state index in [1.54, 1.807) is 20.6 Å². The van der Waals surface area contributed by atoms with E-state index in [0.29, 0.717) is 26.2 Å². The summed E-state index contributed by atoms with van der Waals surface area (Å²) in [6.45, 7) is 7.28. The van der Waals surface area contributed by atoms with E-state index >= 15 is 0 Å². The van der Waals surface area contributed by atoms with Gasteiger partial charge < -0.3 is 14.5 Å². The number of hydrogen-bond donors (Lipinski definition) is 0. The highest BCUT2D eigenvalue weighted by Crippen LogP contribution is 2.17. The first kappa shape index (κ1) is 19.9. The maximum absolute atomic E-state index is 12.5. The number of ether oxygens (including phenoxy) is 1. The predicted octanol–water partition coefficient (Wildman–Crippen LogP) is 3.14. The minimum absolute atomic E-state index is 0.0614. The molecule has 1 fully saturated rings. The topological polar surface area (TPSA) is 71.8 Å². The molecule has 0 N–H and O–H groups in total. The summed E-state index contributed by atoms with van der Waals surface area (Å²) in [4.78, 5) is 40.4. The molecule has 150 valence electrons. The second kappa shape index (κ2) is 8.04. The Hall–Kier alpha value is -2.83. The van der Waals surface area contributed by atoms with Crippen LogP contribution < -0.4 is 0 Å². The Kier molecular flexibility index (Phi) is 5.72. The van der Waals surface area contributed by atoms with Crippen LogP contribution in [-0.4, -0.2) is 64.1 Å². The predicted molar refractivity (Wildman–Crippen MR) is 106 cm³/mol. The molecule has 1 aliphatic heterocycles. The number of carbonyl (C=O) groups excluding carboxylic acids is 3. The minimum atomic E-state index is -0.535. The molecule has 7 nitrogen and oxygen atoms in total. The SMILES string of the molecule is CC(C)(C)OC(=O)N1CCN(C(=O)CCC(=O)n2ccc3ccccc32)CC1. The smallest absolute Gasteiger partial charge is 0.410 e. The normalized spacial score (nSPS) is 15.0. The average molecular weight is 385 g/mol. The summed E-state index contributed by atoms with van der Waals surface area (Å²) in [5, 5.41) is 1.00. The van der Waals surface area contributed by atoms with Crippen molar-refractivity contribution in [2.24, 2.45) is 0 Å². The molecular weight excluding hydrogens is 358 g/mol. The average Bonchev–Trinajstić information content (AvgIpc) is 3.09. The van der Waals surface area contributed by atoms with Crippen LogP contribution in [0.4, 0.5) is 4.79 Å². The zero-order valence-corrected chi connectivity index (χ0v) is 16.7. The van der Waals surface area contributed by atoms with Gasteiger partial charge in [-0.15, -0.1) is 0 Å². The first-order chi connectivity index (χ1) is 13.2. The number of hydrogen-bond acceptors (Lipinski definition) is 4. The fraction of sp³-hybridized carbons (Fsp3) is 0.476. The van der Waals surface area contributed by atoms with E-state index in [4.69, 9.17) is 4.74 Å². The van der Waals surface area contributed by atoms with Crippen LogP contribution in [0.2, 0.25) is 0 Å². The van der Waals surface area contributed by atoms with Gasteiger partial charge in [-0.1, -0.05) is 18.2 Å². The number of piperazine rings is 1. The highest BCUT2D eigenvalue weighted by atomic mass is 16.6. The van der Waals surface area contributed by atoms with Crippen molar-refractivity contribution in [2.45, 2.75) is 39.2 Å². The molecule has 0 atom stereocenters. The third-order valence-corrected chi connectivity index (χ3v) is 4.70. The number of fused-ring (bicyclic) bond motifs is 1. The number of benzene rings is 1. The molecule has 0 bridgehead atoms. The Balaban J connectivity index is 1.48. The summed E-state index contributed by atoms with van der Waals surface area (Å²) in [5.41, 5.74) is 0.318. The van der Waals surface area contributed by atoms with E-state index in [2.05, 4.69) is 0 Å². The van der Waals surface area contributed by atoms with Gasteiger partial charge in [0, 0.05) is 50.6 Å². The lowest BCUT2D eigenvalue weighted by Crippen LogP contribution is -2.51. The summed E-state index contributed by atoms with van der Waals surface area (Å²) in [5.74, 6) is -0.157. The molecule has 0 radical (unpaired) electrons. The van der Waals surface area contributed by atoms with Crippen molar-refractivity contribution < 1.29 is 19.1 Å². The Morgan fingerprint density at radius 2 is 1.50 bits per heavy atom. The van der Waals surface area contributed by atoms with Crippen LogP contribution in [0, 0.1) is 0 Å². The molecular formula is C21H27N3O4. The Morgan fingerprint density at radius 1 is 0.893 bits per heavy atom. The number of carbonyl (C=O) groups is 3. The van der Waals surface area contributed by atoms with Crippen LogP contribution in [0.5, 0.6) is 0 Å². The second-order valence-corrected chi connectivity index (χ2v) is 7.99. The van der Waals surface area contributed by atoms with Crippen LogP contribution in [0.25, 0.3) is 10.9 Å². The van der Waals surface area contributed by atoms with Gasteiger partial charge in [-0.2, -0.15) is 0 Å². The number of nitrogens with zero attached hydrogens (tertiary/aromatic N) is 3. The number of aromatic nitrogens is 1. The van der Waals surface area contributed by atoms with Crippen molar-refractivity contribution in [3.05, 3.63) is 36.5 Å². The highest BCUT2D eigenvalue weighted by Gasteiger charge is 2.27. The van der Waals surface area contributed by atoms with Gasteiger partial charge in [0.15, 0.2) is 0 Å². The third kappa shape index (κ3) is 4.71. The van der Waals surface area contributed by atoms with Crippen molar-refractivity contribution in [1.29, 1.82) is 0 Å². The van der Waals surface area contributed by atoms with Crippen molar-refractivity contribution in [2.75, 3.05) is 26.2 Å². The maximum Gasteiger partial charge on any atom is 0.410 e. The molecule has 0 spiro atoms. The van der Waals surface area contributed by atoms with E-state index in [1.807, 2.05) is 51.1 Å². The van der Waals surface area contributed by atoms with Gasteiger partial charge in [0.2, 0.25) is 11.8 Å². The number of amides is 2. The molecule has 3 rings (SSSR count). The van der Waals surface area contributed by atoms with Gasteiger partial charge in [0.25, 0.3) is 0 Å². The largest absolute Gasteiger partial charge is 0.444 e. The summed E-state index contributed by atoms with van der Waals surface area (Å²) in [7, 11) is 0. The molecule has 1 aliphatic rings. The lowest BCUT2D eigenvalue weighted by molar-refractivity contribution is -0.132. The van der Waals surface area contributed by atoms with Crippen molar-refractivity contribution in [3.63, 3.8) is 0 Å². The molecule has 1 aromatic carbocycles. The zero-order valence-electron chi connectivity index (χ0n) is 16.7. The molecule has 0 aliphatic carbocycles. The zero-order chi connectivity index (χ0) is 20.3. The van der Waals surface area contributed by atoms with E-state index in [9.17, 15) is 14.4 Å².